The SMILES string of the molecule is COc1cc(CN2CCN(C(=O)Cc3ccc(N)cc3)CC2)cc(OC)c1.Cl.Cl. The highest BCUT2D eigenvalue weighted by Gasteiger charge is 2.21. The summed E-state index contributed by atoms with van der Waals surface area (Å²) >= 11 is 0. The van der Waals surface area contributed by atoms with E-state index in [1.165, 1.54) is 0 Å². The molecular weight excluding hydrogens is 413 g/mol. The van der Waals surface area contributed by atoms with E-state index in [0.29, 0.717) is 12.1 Å². The van der Waals surface area contributed by atoms with Gasteiger partial charge < -0.3 is 20.1 Å². The summed E-state index contributed by atoms with van der Waals surface area (Å²) in [5.74, 6) is 1.76. The first-order valence-corrected chi connectivity index (χ1v) is 9.14. The van der Waals surface area contributed by atoms with E-state index in [0.717, 1.165) is 55.3 Å². The minimum Gasteiger partial charge on any atom is -0.497 e. The minimum atomic E-state index is 0. The second-order valence-electron chi connectivity index (χ2n) is 6.80. The maximum Gasteiger partial charge on any atom is 0.227 e. The lowest BCUT2D eigenvalue weighted by Gasteiger charge is -2.35. The number of amides is 1. The Morgan fingerprint density at radius 1 is 0.897 bits per heavy atom. The predicted octanol–water partition coefficient (Wildman–Crippen LogP) is 3.02. The van der Waals surface area contributed by atoms with Crippen molar-refractivity contribution in [2.24, 2.45) is 0 Å². The van der Waals surface area contributed by atoms with Gasteiger partial charge in [-0.05, 0) is 35.4 Å². The molecule has 1 aliphatic rings. The summed E-state index contributed by atoms with van der Waals surface area (Å²) < 4.78 is 10.7. The van der Waals surface area contributed by atoms with E-state index in [-0.39, 0.29) is 30.7 Å². The predicted molar refractivity (Wildman–Crippen MR) is 120 cm³/mol. The van der Waals surface area contributed by atoms with Gasteiger partial charge in [-0.1, -0.05) is 12.1 Å². The number of hydrogen-bond acceptors (Lipinski definition) is 5. The van der Waals surface area contributed by atoms with Crippen LogP contribution in [0.25, 0.3) is 0 Å². The molecule has 0 aromatic heterocycles. The molecule has 0 bridgehead atoms. The molecule has 0 radical (unpaired) electrons. The van der Waals surface area contributed by atoms with E-state index >= 15 is 0 Å². The molecule has 29 heavy (non-hydrogen) atoms. The Hall–Kier alpha value is -2.15. The highest BCUT2D eigenvalue weighted by atomic mass is 35.5. The fourth-order valence-corrected chi connectivity index (χ4v) is 3.29. The van der Waals surface area contributed by atoms with E-state index in [2.05, 4.69) is 4.90 Å². The number of rotatable bonds is 6. The third kappa shape index (κ3) is 6.99. The van der Waals surface area contributed by atoms with Crippen LogP contribution >= 0.6 is 24.8 Å². The number of anilines is 1. The van der Waals surface area contributed by atoms with Crippen LogP contribution in [0.1, 0.15) is 11.1 Å². The molecule has 1 saturated heterocycles. The Kier molecular flexibility index (Phi) is 10.1. The summed E-state index contributed by atoms with van der Waals surface area (Å²) in [7, 11) is 3.31. The lowest BCUT2D eigenvalue weighted by Crippen LogP contribution is -2.48. The number of hydrogen-bond donors (Lipinski definition) is 1. The molecule has 8 heteroatoms. The Balaban J connectivity index is 0.00000210. The Morgan fingerprint density at radius 3 is 1.97 bits per heavy atom. The zero-order valence-electron chi connectivity index (χ0n) is 16.8. The van der Waals surface area contributed by atoms with Crippen molar-refractivity contribution in [2.45, 2.75) is 13.0 Å². The zero-order valence-corrected chi connectivity index (χ0v) is 18.4. The second kappa shape index (κ2) is 11.8. The van der Waals surface area contributed by atoms with Crippen LogP contribution in [-0.4, -0.2) is 56.1 Å². The molecule has 6 nitrogen and oxygen atoms in total. The Labute approximate surface area is 184 Å². The lowest BCUT2D eigenvalue weighted by molar-refractivity contribution is -0.132. The van der Waals surface area contributed by atoms with Gasteiger partial charge in [0.05, 0.1) is 20.6 Å². The average Bonchev–Trinajstić information content (AvgIpc) is 2.70. The summed E-state index contributed by atoms with van der Waals surface area (Å²) in [5, 5.41) is 0. The van der Waals surface area contributed by atoms with Crippen molar-refractivity contribution in [1.82, 2.24) is 9.80 Å². The van der Waals surface area contributed by atoms with Crippen LogP contribution in [0.5, 0.6) is 11.5 Å². The van der Waals surface area contributed by atoms with Gasteiger partial charge in [0.15, 0.2) is 0 Å². The zero-order chi connectivity index (χ0) is 19.2. The largest absolute Gasteiger partial charge is 0.497 e. The molecule has 2 aromatic rings. The van der Waals surface area contributed by atoms with Crippen LogP contribution in [-0.2, 0) is 17.8 Å². The van der Waals surface area contributed by atoms with Gasteiger partial charge in [-0.2, -0.15) is 0 Å². The summed E-state index contributed by atoms with van der Waals surface area (Å²) in [6.07, 6.45) is 0.424. The first-order chi connectivity index (χ1) is 13.1. The maximum absolute atomic E-state index is 12.5. The maximum atomic E-state index is 12.5. The van der Waals surface area contributed by atoms with Crippen molar-refractivity contribution < 1.29 is 14.3 Å². The molecule has 0 unspecified atom stereocenters. The first kappa shape index (κ1) is 24.9. The molecule has 1 heterocycles. The third-order valence-electron chi connectivity index (χ3n) is 4.88. The molecule has 0 spiro atoms. The number of carbonyl (C=O) groups excluding carboxylic acids is 1. The van der Waals surface area contributed by atoms with E-state index in [4.69, 9.17) is 15.2 Å². The Morgan fingerprint density at radius 2 is 1.45 bits per heavy atom. The van der Waals surface area contributed by atoms with Gasteiger partial charge in [0.2, 0.25) is 5.91 Å². The number of piperazine rings is 1. The van der Waals surface area contributed by atoms with Crippen molar-refractivity contribution in [3.63, 3.8) is 0 Å². The molecule has 0 aliphatic carbocycles. The number of carbonyl (C=O) groups is 1. The molecule has 1 fully saturated rings. The lowest BCUT2D eigenvalue weighted by atomic mass is 10.1. The average molecular weight is 442 g/mol. The van der Waals surface area contributed by atoms with Gasteiger partial charge in [-0.15, -0.1) is 24.8 Å². The molecule has 2 aromatic carbocycles. The number of methoxy groups -OCH3 is 2. The standard InChI is InChI=1S/C21H27N3O3.2ClH/c1-26-19-11-17(12-20(14-19)27-2)15-23-7-9-24(10-8-23)21(25)13-16-3-5-18(22)6-4-16;;/h3-6,11-12,14H,7-10,13,15,22H2,1-2H3;2*1H. The molecule has 1 amide bonds. The van der Waals surface area contributed by atoms with Crippen LogP contribution in [0.3, 0.4) is 0 Å². The Bertz CT molecular complexity index is 757. The monoisotopic (exact) mass is 441 g/mol. The first-order valence-electron chi connectivity index (χ1n) is 9.14. The smallest absolute Gasteiger partial charge is 0.227 e. The number of nitrogens with two attached hydrogens (primary N) is 1. The third-order valence-corrected chi connectivity index (χ3v) is 4.88. The normalized spacial score (nSPS) is 13.8. The highest BCUT2D eigenvalue weighted by Crippen LogP contribution is 2.23. The molecule has 0 saturated carbocycles. The molecule has 1 aliphatic heterocycles. The van der Waals surface area contributed by atoms with Gasteiger partial charge >= 0.3 is 0 Å². The van der Waals surface area contributed by atoms with Crippen LogP contribution in [0.2, 0.25) is 0 Å². The van der Waals surface area contributed by atoms with Crippen LogP contribution in [0.15, 0.2) is 42.5 Å². The number of nitrogens with zero attached hydrogens (tertiary/aromatic N) is 2. The topological polar surface area (TPSA) is 68.0 Å². The van der Waals surface area contributed by atoms with Crippen LogP contribution in [0.4, 0.5) is 5.69 Å². The fraction of sp³-hybridized carbons (Fsp3) is 0.381. The summed E-state index contributed by atoms with van der Waals surface area (Å²) in [5.41, 5.74) is 8.56. The van der Waals surface area contributed by atoms with Gasteiger partial charge in [0.25, 0.3) is 0 Å². The quantitative estimate of drug-likeness (QED) is 0.697. The van der Waals surface area contributed by atoms with Gasteiger partial charge in [-0.3, -0.25) is 9.69 Å². The fourth-order valence-electron chi connectivity index (χ4n) is 3.29. The molecule has 0 atom stereocenters. The van der Waals surface area contributed by atoms with E-state index in [1.807, 2.05) is 47.4 Å². The minimum absolute atomic E-state index is 0. The number of benzene rings is 2. The summed E-state index contributed by atoms with van der Waals surface area (Å²) in [4.78, 5) is 16.8. The van der Waals surface area contributed by atoms with Crippen LogP contribution < -0.4 is 15.2 Å². The van der Waals surface area contributed by atoms with Crippen molar-refractivity contribution in [2.75, 3.05) is 46.1 Å². The van der Waals surface area contributed by atoms with Crippen molar-refractivity contribution in [3.8, 4) is 11.5 Å². The van der Waals surface area contributed by atoms with E-state index in [1.54, 1.807) is 14.2 Å². The summed E-state index contributed by atoms with van der Waals surface area (Å²) in [6, 6.07) is 13.4. The van der Waals surface area contributed by atoms with E-state index < -0.39 is 0 Å². The molecule has 3 rings (SSSR count). The number of nitrogen functional groups attached to an aromatic ring is 1. The van der Waals surface area contributed by atoms with Crippen LogP contribution in [0, 0.1) is 0 Å². The van der Waals surface area contributed by atoms with Gasteiger partial charge in [0.1, 0.15) is 11.5 Å². The van der Waals surface area contributed by atoms with Gasteiger partial charge in [-0.25, -0.2) is 0 Å². The molecule has 2 N–H and O–H groups in total. The second-order valence-corrected chi connectivity index (χ2v) is 6.80. The number of ether oxygens (including phenoxy) is 2. The summed E-state index contributed by atoms with van der Waals surface area (Å²) in [6.45, 7) is 4.01. The molecular formula is C21H29Cl2N3O3. The van der Waals surface area contributed by atoms with Crippen molar-refractivity contribution in [1.29, 1.82) is 0 Å². The molecule has 160 valence electrons. The number of halogens is 2. The van der Waals surface area contributed by atoms with Gasteiger partial charge in [0, 0.05) is 44.5 Å². The van der Waals surface area contributed by atoms with Crippen molar-refractivity contribution in [3.05, 3.63) is 53.6 Å². The van der Waals surface area contributed by atoms with Crippen molar-refractivity contribution >= 4 is 36.4 Å². The van der Waals surface area contributed by atoms with E-state index in [9.17, 15) is 4.79 Å². The highest BCUT2D eigenvalue weighted by molar-refractivity contribution is 5.85.